The maximum absolute atomic E-state index is 13.0. The topological polar surface area (TPSA) is 84.5 Å². The quantitative estimate of drug-likeness (QED) is 0.805. The molecule has 0 saturated heterocycles. The molecular weight excluding hydrogens is 339 g/mol. The normalized spacial score (nSPS) is 10.1. The highest BCUT2D eigenvalue weighted by atomic mass is 19.1. The van der Waals surface area contributed by atoms with Crippen molar-refractivity contribution in [1.29, 1.82) is 0 Å². The minimum atomic E-state index is -0.764. The first-order valence-corrected chi connectivity index (χ1v) is 7.91. The Hall–Kier alpha value is -3.22. The monoisotopic (exact) mass is 358 g/mol. The fraction of sp³-hybridized carbons (Fsp3) is 0.211. The number of nitrogens with one attached hydrogen (secondary N) is 2. The fourth-order valence-corrected chi connectivity index (χ4v) is 2.28. The van der Waals surface area contributed by atoms with E-state index in [0.717, 1.165) is 11.1 Å². The van der Waals surface area contributed by atoms with Gasteiger partial charge in [-0.3, -0.25) is 14.9 Å². The molecule has 2 aromatic carbocycles. The van der Waals surface area contributed by atoms with Crippen molar-refractivity contribution in [2.24, 2.45) is 0 Å². The van der Waals surface area contributed by atoms with Gasteiger partial charge in [0.15, 0.2) is 6.61 Å². The molecule has 0 radical (unpaired) electrons. The van der Waals surface area contributed by atoms with Crippen LogP contribution in [0.3, 0.4) is 0 Å². The molecule has 2 aromatic rings. The lowest BCUT2D eigenvalue weighted by Gasteiger charge is -2.10. The molecule has 0 aliphatic carbocycles. The Bertz CT molecular complexity index is 836. The number of anilines is 1. The van der Waals surface area contributed by atoms with Gasteiger partial charge in [0.2, 0.25) is 0 Å². The lowest BCUT2D eigenvalue weighted by Crippen LogP contribution is -2.37. The molecule has 0 aliphatic heterocycles. The van der Waals surface area contributed by atoms with Crippen molar-refractivity contribution >= 4 is 23.6 Å². The summed E-state index contributed by atoms with van der Waals surface area (Å²) in [5.41, 5.74) is 2.91. The Morgan fingerprint density at radius 2 is 1.85 bits per heavy atom. The Balaban J connectivity index is 1.77. The van der Waals surface area contributed by atoms with Gasteiger partial charge >= 0.3 is 12.0 Å². The predicted molar refractivity (Wildman–Crippen MR) is 94.1 cm³/mol. The van der Waals surface area contributed by atoms with Crippen molar-refractivity contribution < 1.29 is 23.5 Å². The minimum Gasteiger partial charge on any atom is -0.455 e. The van der Waals surface area contributed by atoms with Gasteiger partial charge in [0, 0.05) is 5.69 Å². The van der Waals surface area contributed by atoms with Crippen LogP contribution < -0.4 is 10.6 Å². The lowest BCUT2D eigenvalue weighted by molar-refractivity contribution is -0.147. The average molecular weight is 358 g/mol. The zero-order valence-corrected chi connectivity index (χ0v) is 14.5. The van der Waals surface area contributed by atoms with Crippen LogP contribution in [0, 0.1) is 19.7 Å². The van der Waals surface area contributed by atoms with Gasteiger partial charge in [0.05, 0.1) is 6.42 Å². The van der Waals surface area contributed by atoms with E-state index in [1.54, 1.807) is 12.1 Å². The van der Waals surface area contributed by atoms with E-state index in [0.29, 0.717) is 11.3 Å². The number of carbonyl (C=O) groups excluding carboxylic acids is 3. The Morgan fingerprint density at radius 3 is 2.54 bits per heavy atom. The number of aryl methyl sites for hydroxylation is 2. The summed E-state index contributed by atoms with van der Waals surface area (Å²) in [6, 6.07) is 10.3. The zero-order valence-electron chi connectivity index (χ0n) is 14.5. The number of hydrogen-bond donors (Lipinski definition) is 2. The number of ether oxygens (including phenoxy) is 1. The second-order valence-electron chi connectivity index (χ2n) is 5.79. The van der Waals surface area contributed by atoms with Crippen molar-refractivity contribution in [3.63, 3.8) is 0 Å². The number of halogens is 1. The van der Waals surface area contributed by atoms with Crippen LogP contribution in [-0.2, 0) is 20.7 Å². The Morgan fingerprint density at radius 1 is 1.08 bits per heavy atom. The molecule has 3 amide bonds. The maximum atomic E-state index is 13.0. The molecule has 26 heavy (non-hydrogen) atoms. The van der Waals surface area contributed by atoms with Gasteiger partial charge in [-0.2, -0.15) is 0 Å². The van der Waals surface area contributed by atoms with Crippen molar-refractivity contribution in [2.45, 2.75) is 20.3 Å². The summed E-state index contributed by atoms with van der Waals surface area (Å²) < 4.78 is 17.8. The average Bonchev–Trinajstić information content (AvgIpc) is 2.55. The Labute approximate surface area is 150 Å². The molecule has 0 spiro atoms. The standard InChI is InChI=1S/C19H19FN2O4/c1-12-6-7-16(13(2)8-12)21-19(25)22-17(23)11-26-18(24)10-14-4-3-5-15(20)9-14/h3-9H,10-11H2,1-2H3,(H2,21,22,23,25). The van der Waals surface area contributed by atoms with Crippen molar-refractivity contribution in [2.75, 3.05) is 11.9 Å². The second-order valence-corrected chi connectivity index (χ2v) is 5.79. The number of benzene rings is 2. The summed E-state index contributed by atoms with van der Waals surface area (Å²) in [6.45, 7) is 3.16. The highest BCUT2D eigenvalue weighted by molar-refractivity contribution is 6.02. The number of esters is 1. The first kappa shape index (κ1) is 19.1. The Kier molecular flexibility index (Phi) is 6.43. The number of amides is 3. The highest BCUT2D eigenvalue weighted by Gasteiger charge is 2.12. The first-order chi connectivity index (χ1) is 12.3. The zero-order chi connectivity index (χ0) is 19.1. The van der Waals surface area contributed by atoms with Gasteiger partial charge in [-0.15, -0.1) is 0 Å². The SMILES string of the molecule is Cc1ccc(NC(=O)NC(=O)COC(=O)Cc2cccc(F)c2)c(C)c1. The van der Waals surface area contributed by atoms with Crippen molar-refractivity contribution in [1.82, 2.24) is 5.32 Å². The van der Waals surface area contributed by atoms with E-state index in [9.17, 15) is 18.8 Å². The second kappa shape index (κ2) is 8.75. The number of rotatable bonds is 5. The lowest BCUT2D eigenvalue weighted by atomic mass is 10.1. The van der Waals surface area contributed by atoms with Crippen LogP contribution in [0.4, 0.5) is 14.9 Å². The molecule has 0 unspecified atom stereocenters. The van der Waals surface area contributed by atoms with Crippen LogP contribution in [0.1, 0.15) is 16.7 Å². The van der Waals surface area contributed by atoms with E-state index in [4.69, 9.17) is 4.74 Å². The van der Waals surface area contributed by atoms with E-state index in [2.05, 4.69) is 10.6 Å². The van der Waals surface area contributed by atoms with Crippen LogP contribution in [0.15, 0.2) is 42.5 Å². The smallest absolute Gasteiger partial charge is 0.325 e. The first-order valence-electron chi connectivity index (χ1n) is 7.91. The van der Waals surface area contributed by atoms with Gasteiger partial charge in [0.1, 0.15) is 5.82 Å². The molecule has 6 nitrogen and oxygen atoms in total. The third-order valence-electron chi connectivity index (χ3n) is 3.48. The predicted octanol–water partition coefficient (Wildman–Crippen LogP) is 2.88. The van der Waals surface area contributed by atoms with E-state index in [1.807, 2.05) is 26.0 Å². The van der Waals surface area contributed by atoms with E-state index >= 15 is 0 Å². The summed E-state index contributed by atoms with van der Waals surface area (Å²) in [4.78, 5) is 35.1. The molecule has 0 aliphatic rings. The van der Waals surface area contributed by atoms with Crippen LogP contribution >= 0.6 is 0 Å². The molecule has 0 heterocycles. The fourth-order valence-electron chi connectivity index (χ4n) is 2.28. The van der Waals surface area contributed by atoms with Gasteiger partial charge < -0.3 is 10.1 Å². The summed E-state index contributed by atoms with van der Waals surface area (Å²) in [6.07, 6.45) is -0.167. The molecule has 0 aromatic heterocycles. The van der Waals surface area contributed by atoms with Gasteiger partial charge in [-0.25, -0.2) is 9.18 Å². The molecule has 136 valence electrons. The van der Waals surface area contributed by atoms with Crippen LogP contribution in [0.25, 0.3) is 0 Å². The summed E-state index contributed by atoms with van der Waals surface area (Å²) in [5, 5.41) is 4.62. The largest absolute Gasteiger partial charge is 0.455 e. The van der Waals surface area contributed by atoms with Gasteiger partial charge in [-0.05, 0) is 43.2 Å². The van der Waals surface area contributed by atoms with Gasteiger partial charge in [-0.1, -0.05) is 29.8 Å². The maximum Gasteiger partial charge on any atom is 0.325 e. The highest BCUT2D eigenvalue weighted by Crippen LogP contribution is 2.15. The minimum absolute atomic E-state index is 0.167. The molecule has 0 fully saturated rings. The van der Waals surface area contributed by atoms with E-state index in [-0.39, 0.29) is 6.42 Å². The molecule has 2 N–H and O–H groups in total. The number of carbonyl (C=O) groups is 3. The molecule has 0 bridgehead atoms. The summed E-state index contributed by atoms with van der Waals surface area (Å²) >= 11 is 0. The van der Waals surface area contributed by atoms with E-state index < -0.39 is 30.3 Å². The van der Waals surface area contributed by atoms with Crippen molar-refractivity contribution in [3.05, 3.63) is 65.0 Å². The van der Waals surface area contributed by atoms with E-state index in [1.165, 1.54) is 18.2 Å². The molecule has 0 atom stereocenters. The summed E-state index contributed by atoms with van der Waals surface area (Å²) in [7, 11) is 0. The van der Waals surface area contributed by atoms with Crippen LogP contribution in [-0.4, -0.2) is 24.5 Å². The van der Waals surface area contributed by atoms with Gasteiger partial charge in [0.25, 0.3) is 5.91 Å². The number of imide groups is 1. The molecular formula is C19H19FN2O4. The van der Waals surface area contributed by atoms with Crippen molar-refractivity contribution in [3.8, 4) is 0 Å². The number of hydrogen-bond acceptors (Lipinski definition) is 4. The van der Waals surface area contributed by atoms with Crippen LogP contribution in [0.2, 0.25) is 0 Å². The van der Waals surface area contributed by atoms with Crippen LogP contribution in [0.5, 0.6) is 0 Å². The molecule has 2 rings (SSSR count). The molecule has 7 heteroatoms. The number of urea groups is 1. The summed E-state index contributed by atoms with van der Waals surface area (Å²) in [5.74, 6) is -1.92. The third kappa shape index (κ3) is 6.01. The third-order valence-corrected chi connectivity index (χ3v) is 3.48. The molecule has 0 saturated carbocycles.